The predicted octanol–water partition coefficient (Wildman–Crippen LogP) is 0.296. The summed E-state index contributed by atoms with van der Waals surface area (Å²) in [6.07, 6.45) is 0. The second-order valence-electron chi connectivity index (χ2n) is 0.939. The number of rotatable bonds is 2. The van der Waals surface area contributed by atoms with E-state index >= 15 is 0 Å². The summed E-state index contributed by atoms with van der Waals surface area (Å²) in [5.74, 6) is -0.206. The molecule has 0 amide bonds. The quantitative estimate of drug-likeness (QED) is 0.356. The second kappa shape index (κ2) is 7.95. The minimum atomic E-state index is -0.206. The number of hydrogen-bond acceptors (Lipinski definition) is 2. The van der Waals surface area contributed by atoms with Gasteiger partial charge in [-0.2, -0.15) is 0 Å². The van der Waals surface area contributed by atoms with Crippen molar-refractivity contribution in [1.29, 1.82) is 0 Å². The summed E-state index contributed by atoms with van der Waals surface area (Å²) in [5.41, 5.74) is 0. The molecule has 0 spiro atoms. The number of esters is 1. The van der Waals surface area contributed by atoms with Crippen LogP contribution in [-0.4, -0.2) is 47.5 Å². The predicted molar refractivity (Wildman–Crippen MR) is 37.6 cm³/mol. The van der Waals surface area contributed by atoms with Crippen LogP contribution in [0.1, 0.15) is 6.92 Å². The molecule has 0 bridgehead atoms. The van der Waals surface area contributed by atoms with E-state index in [0.29, 0.717) is 11.9 Å². The topological polar surface area (TPSA) is 26.3 Å². The zero-order chi connectivity index (χ0) is 5.70. The Morgan fingerprint density at radius 1 is 1.75 bits per heavy atom. The molecule has 2 nitrogen and oxygen atoms in total. The molecule has 0 aromatic heterocycles. The molecular weight excluding hydrogens is 183 g/mol. The van der Waals surface area contributed by atoms with Gasteiger partial charge in [-0.3, -0.25) is 4.79 Å². The fourth-order valence-corrected chi connectivity index (χ4v) is 0.361. The first-order chi connectivity index (χ1) is 3.31. The summed E-state index contributed by atoms with van der Waals surface area (Å²) in [7, 11) is 0. The molecule has 4 heteroatoms. The fraction of sp³-hybridized carbons (Fsp3) is 0.750. The molecule has 0 aliphatic heterocycles. The maximum absolute atomic E-state index is 10.1. The van der Waals surface area contributed by atoms with Gasteiger partial charge in [-0.1, -0.05) is 15.9 Å². The van der Waals surface area contributed by atoms with Crippen LogP contribution in [0.4, 0.5) is 0 Å². The van der Waals surface area contributed by atoms with Crippen LogP contribution in [0.3, 0.4) is 0 Å². The number of carbonyl (C=O) groups excluding carboxylic acids is 1. The Morgan fingerprint density at radius 3 is 2.38 bits per heavy atom. The van der Waals surface area contributed by atoms with E-state index in [2.05, 4.69) is 20.7 Å². The van der Waals surface area contributed by atoms with Gasteiger partial charge in [0.05, 0.1) is 6.61 Å². The van der Waals surface area contributed by atoms with Gasteiger partial charge in [-0.15, -0.1) is 0 Å². The number of halogens is 1. The van der Waals surface area contributed by atoms with Crippen molar-refractivity contribution in [2.75, 3.05) is 11.9 Å². The van der Waals surface area contributed by atoms with E-state index in [1.54, 1.807) is 6.92 Å². The third kappa shape index (κ3) is 6.95. The van der Waals surface area contributed by atoms with Gasteiger partial charge in [0.2, 0.25) is 0 Å². The van der Waals surface area contributed by atoms with Gasteiger partial charge in [-0.05, 0) is 6.92 Å². The van der Waals surface area contributed by atoms with Gasteiger partial charge in [0.25, 0.3) is 0 Å². The summed E-state index contributed by atoms with van der Waals surface area (Å²) < 4.78 is 4.51. The van der Waals surface area contributed by atoms with Gasteiger partial charge in [-0.25, -0.2) is 0 Å². The number of ether oxygens (including phenoxy) is 1. The molecule has 0 fully saturated rings. The van der Waals surface area contributed by atoms with Gasteiger partial charge in [0, 0.05) is 0 Å². The van der Waals surface area contributed by atoms with Crippen LogP contribution >= 0.6 is 15.9 Å². The van der Waals surface area contributed by atoms with Gasteiger partial charge in [0.1, 0.15) is 5.33 Å². The second-order valence-corrected chi connectivity index (χ2v) is 1.50. The average Bonchev–Trinajstić information content (AvgIpc) is 1.68. The first kappa shape index (κ1) is 11.7. The van der Waals surface area contributed by atoms with Crippen molar-refractivity contribution in [3.05, 3.63) is 0 Å². The van der Waals surface area contributed by atoms with E-state index in [1.807, 2.05) is 0 Å². The maximum atomic E-state index is 10.1. The summed E-state index contributed by atoms with van der Waals surface area (Å²) in [6, 6.07) is 0. The Balaban J connectivity index is 0. The molecule has 0 aromatic carbocycles. The summed E-state index contributed by atoms with van der Waals surface area (Å²) in [5, 5.41) is 0.292. The molecule has 0 atom stereocenters. The molecule has 0 aliphatic carbocycles. The fourth-order valence-electron chi connectivity index (χ4n) is 0.200. The number of carbonyl (C=O) groups is 1. The van der Waals surface area contributed by atoms with Gasteiger partial charge >= 0.3 is 35.5 Å². The van der Waals surface area contributed by atoms with Crippen molar-refractivity contribution >= 4 is 51.5 Å². The van der Waals surface area contributed by atoms with E-state index < -0.39 is 0 Å². The van der Waals surface area contributed by atoms with Crippen molar-refractivity contribution in [1.82, 2.24) is 0 Å². The first-order valence-electron chi connectivity index (χ1n) is 2.02. The normalized spacial score (nSPS) is 7.25. The Bertz CT molecular complexity index is 67.1. The Hall–Kier alpha value is 0.950. The molecule has 0 rings (SSSR count). The van der Waals surface area contributed by atoms with E-state index in [-0.39, 0.29) is 35.5 Å². The molecule has 0 N–H and O–H groups in total. The molecule has 0 aliphatic rings. The van der Waals surface area contributed by atoms with Crippen molar-refractivity contribution in [2.45, 2.75) is 6.92 Å². The third-order valence-electron chi connectivity index (χ3n) is 0.414. The van der Waals surface area contributed by atoms with E-state index in [0.717, 1.165) is 0 Å². The van der Waals surface area contributed by atoms with E-state index in [4.69, 9.17) is 0 Å². The van der Waals surface area contributed by atoms with Crippen molar-refractivity contribution in [3.63, 3.8) is 0 Å². The summed E-state index contributed by atoms with van der Waals surface area (Å²) in [4.78, 5) is 10.1. The Kier molecular flexibility index (Phi) is 11.6. The molecule has 0 unspecified atom stereocenters. The Morgan fingerprint density at radius 2 is 2.25 bits per heavy atom. The van der Waals surface area contributed by atoms with Crippen LogP contribution in [-0.2, 0) is 9.53 Å². The number of alkyl halides is 1. The minimum absolute atomic E-state index is 0. The zero-order valence-electron chi connectivity index (χ0n) is 4.11. The average molecular weight is 191 g/mol. The molecular formula is C4H8BrNaO2. The third-order valence-corrected chi connectivity index (χ3v) is 0.872. The standard InChI is InChI=1S/C4H7BrO2.Na.H/c1-2-7-4(6)3-5;;/h2-3H2,1H3;;. The van der Waals surface area contributed by atoms with Crippen LogP contribution in [0, 0.1) is 0 Å². The van der Waals surface area contributed by atoms with Crippen molar-refractivity contribution in [2.24, 2.45) is 0 Å². The molecule has 0 aromatic rings. The molecule has 0 heterocycles. The van der Waals surface area contributed by atoms with E-state index in [1.165, 1.54) is 0 Å². The van der Waals surface area contributed by atoms with Crippen LogP contribution < -0.4 is 0 Å². The van der Waals surface area contributed by atoms with Crippen LogP contribution in [0.5, 0.6) is 0 Å². The van der Waals surface area contributed by atoms with E-state index in [9.17, 15) is 4.79 Å². The molecule has 0 saturated heterocycles. The molecule has 44 valence electrons. The van der Waals surface area contributed by atoms with Gasteiger partial charge in [0.15, 0.2) is 0 Å². The number of hydrogen-bond donors (Lipinski definition) is 0. The molecule has 0 radical (unpaired) electrons. The molecule has 8 heavy (non-hydrogen) atoms. The Labute approximate surface area is 79.4 Å². The summed E-state index contributed by atoms with van der Waals surface area (Å²) >= 11 is 2.94. The van der Waals surface area contributed by atoms with Crippen molar-refractivity contribution in [3.8, 4) is 0 Å². The van der Waals surface area contributed by atoms with Gasteiger partial charge < -0.3 is 4.74 Å². The monoisotopic (exact) mass is 190 g/mol. The van der Waals surface area contributed by atoms with Crippen LogP contribution in [0.15, 0.2) is 0 Å². The van der Waals surface area contributed by atoms with Crippen LogP contribution in [0.25, 0.3) is 0 Å². The van der Waals surface area contributed by atoms with Crippen molar-refractivity contribution < 1.29 is 9.53 Å². The SMILES string of the molecule is CCOC(=O)CBr.[NaH]. The first-order valence-corrected chi connectivity index (χ1v) is 3.15. The molecule has 0 saturated carbocycles. The zero-order valence-corrected chi connectivity index (χ0v) is 5.69. The summed E-state index contributed by atoms with van der Waals surface area (Å²) in [6.45, 7) is 2.24. The van der Waals surface area contributed by atoms with Crippen LogP contribution in [0.2, 0.25) is 0 Å².